The van der Waals surface area contributed by atoms with Crippen LogP contribution in [-0.4, -0.2) is 80.2 Å². The number of hydrogen-bond acceptors (Lipinski definition) is 8. The molecule has 0 saturated carbocycles. The zero-order valence-electron chi connectivity index (χ0n) is 12.1. The van der Waals surface area contributed by atoms with Crippen molar-refractivity contribution in [3.63, 3.8) is 0 Å². The van der Waals surface area contributed by atoms with Crippen molar-refractivity contribution < 1.29 is 39.9 Å². The number of hydrogen-bond donors (Lipinski definition) is 6. The van der Waals surface area contributed by atoms with Gasteiger partial charge in [-0.25, -0.2) is 4.79 Å². The lowest BCUT2D eigenvalue weighted by Crippen LogP contribution is -2.57. The van der Waals surface area contributed by atoms with Crippen LogP contribution in [0.2, 0.25) is 0 Å². The maximum absolute atomic E-state index is 11.1. The summed E-state index contributed by atoms with van der Waals surface area (Å²) in [7, 11) is 0. The molecule has 0 aliphatic rings. The topological polar surface area (TPSA) is 213 Å². The third-order valence-corrected chi connectivity index (χ3v) is 2.86. The quantitative estimate of drug-likeness (QED) is 0.107. The summed E-state index contributed by atoms with van der Waals surface area (Å²) < 4.78 is 0. The molecule has 0 aromatic heterocycles. The van der Waals surface area contributed by atoms with Crippen molar-refractivity contribution in [2.75, 3.05) is 6.54 Å². The van der Waals surface area contributed by atoms with E-state index in [9.17, 15) is 34.8 Å². The number of nitrogens with zero attached hydrogens (tertiary/aromatic N) is 3. The minimum absolute atomic E-state index is 0.592. The largest absolute Gasteiger partial charge is 0.475 e. The molecule has 0 spiro atoms. The predicted molar refractivity (Wildman–Crippen MR) is 72.9 cm³/mol. The van der Waals surface area contributed by atoms with E-state index < -0.39 is 61.1 Å². The highest BCUT2D eigenvalue weighted by molar-refractivity contribution is 6.32. The molecule has 6 N–H and O–H groups in total. The fourth-order valence-corrected chi connectivity index (χ4v) is 1.72. The molecular weight excluding hydrogens is 316 g/mol. The standard InChI is InChI=1S/C11H18N4O8/c1-4(16)14-8(5(17)2-6(18)11(22)23)10(21)9(20)7(19)3-13-15-12/h5,7-10,17,19-21H,2-3H2,1H3,(H,14,16)(H,22,23)/t5?,7-,8-,9-,10-/m1/s1. The second kappa shape index (κ2) is 9.71. The van der Waals surface area contributed by atoms with E-state index in [-0.39, 0.29) is 0 Å². The first kappa shape index (κ1) is 20.8. The molecule has 130 valence electrons. The Bertz CT molecular complexity index is 492. The molecule has 0 aliphatic carbocycles. The van der Waals surface area contributed by atoms with E-state index in [2.05, 4.69) is 15.3 Å². The van der Waals surface area contributed by atoms with Crippen LogP contribution >= 0.6 is 0 Å². The van der Waals surface area contributed by atoms with Crippen molar-refractivity contribution in [1.82, 2.24) is 5.32 Å². The second-order valence-electron chi connectivity index (χ2n) is 4.69. The molecule has 5 atom stereocenters. The molecule has 12 nitrogen and oxygen atoms in total. The van der Waals surface area contributed by atoms with Crippen molar-refractivity contribution in [1.29, 1.82) is 0 Å². The number of amides is 1. The highest BCUT2D eigenvalue weighted by Crippen LogP contribution is 2.12. The number of carboxylic acids is 1. The maximum Gasteiger partial charge on any atom is 0.372 e. The zero-order chi connectivity index (χ0) is 18.2. The van der Waals surface area contributed by atoms with Crippen LogP contribution in [0.4, 0.5) is 0 Å². The van der Waals surface area contributed by atoms with Gasteiger partial charge in [-0.1, -0.05) is 5.11 Å². The summed E-state index contributed by atoms with van der Waals surface area (Å²) in [6.07, 6.45) is -8.37. The van der Waals surface area contributed by atoms with Crippen LogP contribution in [0.3, 0.4) is 0 Å². The number of carbonyl (C=O) groups is 3. The summed E-state index contributed by atoms with van der Waals surface area (Å²) in [6, 6.07) is -1.63. The van der Waals surface area contributed by atoms with Gasteiger partial charge in [0.1, 0.15) is 12.2 Å². The summed E-state index contributed by atoms with van der Waals surface area (Å²) in [4.78, 5) is 35.0. The molecule has 0 saturated heterocycles. The monoisotopic (exact) mass is 334 g/mol. The fourth-order valence-electron chi connectivity index (χ4n) is 1.72. The van der Waals surface area contributed by atoms with Crippen molar-refractivity contribution in [3.05, 3.63) is 10.4 Å². The van der Waals surface area contributed by atoms with E-state index in [0.29, 0.717) is 0 Å². The van der Waals surface area contributed by atoms with Crippen LogP contribution in [0.5, 0.6) is 0 Å². The van der Waals surface area contributed by atoms with Gasteiger partial charge in [-0.05, 0) is 5.53 Å². The summed E-state index contributed by atoms with van der Waals surface area (Å²) in [5.41, 5.74) is 8.12. The number of carboxylic acid groups (broad SMARTS) is 1. The Kier molecular flexibility index (Phi) is 8.77. The third-order valence-electron chi connectivity index (χ3n) is 2.86. The van der Waals surface area contributed by atoms with E-state index in [1.54, 1.807) is 0 Å². The highest BCUT2D eigenvalue weighted by Gasteiger charge is 2.37. The Morgan fingerprint density at radius 3 is 2.13 bits per heavy atom. The zero-order valence-corrected chi connectivity index (χ0v) is 12.1. The number of aliphatic hydroxyl groups excluding tert-OH is 4. The normalized spacial score (nSPS) is 17.1. The SMILES string of the molecule is CC(=O)N[C@H](C(O)CC(=O)C(=O)O)[C@@H](O)[C@H](O)[C@H](O)CN=[N+]=[N-]. The van der Waals surface area contributed by atoms with Crippen molar-refractivity contribution in [2.24, 2.45) is 5.11 Å². The lowest BCUT2D eigenvalue weighted by molar-refractivity contribution is -0.151. The molecule has 0 aromatic rings. The van der Waals surface area contributed by atoms with Gasteiger partial charge in [-0.15, -0.1) is 0 Å². The molecule has 1 amide bonds. The van der Waals surface area contributed by atoms with Crippen molar-refractivity contribution in [2.45, 2.75) is 43.8 Å². The van der Waals surface area contributed by atoms with E-state index in [1.807, 2.05) is 0 Å². The second-order valence-corrected chi connectivity index (χ2v) is 4.69. The van der Waals surface area contributed by atoms with E-state index >= 15 is 0 Å². The van der Waals surface area contributed by atoms with Gasteiger partial charge in [0.2, 0.25) is 11.7 Å². The smallest absolute Gasteiger partial charge is 0.372 e. The molecule has 0 bridgehead atoms. The van der Waals surface area contributed by atoms with Crippen LogP contribution in [-0.2, 0) is 14.4 Å². The first-order valence-corrected chi connectivity index (χ1v) is 6.38. The number of rotatable bonds is 10. The van der Waals surface area contributed by atoms with Gasteiger partial charge < -0.3 is 30.8 Å². The Morgan fingerprint density at radius 1 is 1.13 bits per heavy atom. The molecule has 0 fully saturated rings. The molecule has 0 aromatic carbocycles. The van der Waals surface area contributed by atoms with Crippen LogP contribution in [0.1, 0.15) is 13.3 Å². The van der Waals surface area contributed by atoms with E-state index in [4.69, 9.17) is 10.6 Å². The summed E-state index contributed by atoms with van der Waals surface area (Å²) in [5, 5.41) is 52.6. The van der Waals surface area contributed by atoms with Crippen molar-refractivity contribution >= 4 is 17.7 Å². The van der Waals surface area contributed by atoms with Crippen LogP contribution < -0.4 is 5.32 Å². The Balaban J connectivity index is 5.12. The average molecular weight is 334 g/mol. The van der Waals surface area contributed by atoms with Gasteiger partial charge in [0.05, 0.1) is 24.8 Å². The molecule has 0 rings (SSSR count). The first-order chi connectivity index (χ1) is 10.6. The van der Waals surface area contributed by atoms with Crippen molar-refractivity contribution in [3.8, 4) is 0 Å². The fraction of sp³-hybridized carbons (Fsp3) is 0.727. The summed E-state index contributed by atoms with van der Waals surface area (Å²) >= 11 is 0. The summed E-state index contributed by atoms with van der Waals surface area (Å²) in [6.45, 7) is 0.430. The Labute approximate surface area is 130 Å². The predicted octanol–water partition coefficient (Wildman–Crippen LogP) is -2.71. The maximum atomic E-state index is 11.1. The number of azide groups is 1. The van der Waals surface area contributed by atoms with Gasteiger partial charge >= 0.3 is 5.97 Å². The molecular formula is C11H18N4O8. The number of nitrogens with one attached hydrogen (secondary N) is 1. The van der Waals surface area contributed by atoms with E-state index in [0.717, 1.165) is 6.92 Å². The molecule has 1 unspecified atom stereocenters. The van der Waals surface area contributed by atoms with E-state index in [1.165, 1.54) is 0 Å². The first-order valence-electron chi connectivity index (χ1n) is 6.38. The van der Waals surface area contributed by atoms with Crippen LogP contribution in [0.25, 0.3) is 10.4 Å². The highest BCUT2D eigenvalue weighted by atomic mass is 16.4. The van der Waals surface area contributed by atoms with Gasteiger partial charge in [0.15, 0.2) is 0 Å². The number of aliphatic hydroxyl groups is 4. The van der Waals surface area contributed by atoms with Gasteiger partial charge in [0.25, 0.3) is 0 Å². The van der Waals surface area contributed by atoms with Crippen LogP contribution in [0, 0.1) is 0 Å². The molecule has 0 aliphatic heterocycles. The number of carbonyl (C=O) groups excluding carboxylic acids is 2. The minimum atomic E-state index is -1.96. The number of aliphatic carboxylic acids is 1. The van der Waals surface area contributed by atoms with Gasteiger partial charge in [-0.3, -0.25) is 9.59 Å². The lowest BCUT2D eigenvalue weighted by atomic mass is 9.94. The number of Topliss-reactive ketones (excluding diaryl/α,β-unsaturated/α-hetero) is 1. The molecule has 0 radical (unpaired) electrons. The average Bonchev–Trinajstić information content (AvgIpc) is 2.48. The molecule has 23 heavy (non-hydrogen) atoms. The third kappa shape index (κ3) is 7.04. The number of ketones is 1. The van der Waals surface area contributed by atoms with Gasteiger partial charge in [-0.2, -0.15) is 0 Å². The van der Waals surface area contributed by atoms with Crippen LogP contribution in [0.15, 0.2) is 5.11 Å². The van der Waals surface area contributed by atoms with Gasteiger partial charge in [0, 0.05) is 18.3 Å². The Hall–Kier alpha value is -2.24. The lowest BCUT2D eigenvalue weighted by Gasteiger charge is -2.32. The minimum Gasteiger partial charge on any atom is -0.475 e. The summed E-state index contributed by atoms with van der Waals surface area (Å²) in [5.74, 6) is -3.93. The molecule has 12 heteroatoms. The Morgan fingerprint density at radius 2 is 1.70 bits per heavy atom. The molecule has 0 heterocycles.